The molecule has 0 atom stereocenters. The molecule has 0 fully saturated rings. The van der Waals surface area contributed by atoms with Crippen LogP contribution in [0.2, 0.25) is 0 Å². The Bertz CT molecular complexity index is 382. The highest BCUT2D eigenvalue weighted by Crippen LogP contribution is 2.10. The van der Waals surface area contributed by atoms with E-state index in [-0.39, 0.29) is 11.3 Å². The molecule has 0 amide bonds. The third-order valence-corrected chi connectivity index (χ3v) is 1.43. The molecule has 1 aromatic heterocycles. The van der Waals surface area contributed by atoms with Crippen LogP contribution in [0.15, 0.2) is 12.3 Å². The monoisotopic (exact) mass is 179 g/mol. The van der Waals surface area contributed by atoms with Crippen molar-refractivity contribution in [1.82, 2.24) is 4.98 Å². The van der Waals surface area contributed by atoms with Crippen LogP contribution in [0.3, 0.4) is 0 Å². The highest BCUT2D eigenvalue weighted by Gasteiger charge is 2.14. The van der Waals surface area contributed by atoms with Crippen molar-refractivity contribution < 1.29 is 13.9 Å². The molecule has 1 aromatic rings. The predicted molar refractivity (Wildman–Crippen MR) is 43.5 cm³/mol. The minimum Gasteiger partial charge on any atom is -0.465 e. The van der Waals surface area contributed by atoms with Gasteiger partial charge in [0, 0.05) is 6.20 Å². The Hall–Kier alpha value is -1.89. The Morgan fingerprint density at radius 2 is 2.46 bits per heavy atom. The standard InChI is InChI=1S/C9H6FNO2/c1-3-7-8(10)6(4-5-11-7)9(12)13-2/h1,4-5H,2H3. The molecule has 66 valence electrons. The quantitative estimate of drug-likeness (QED) is 0.476. The molecule has 1 heterocycles. The maximum absolute atomic E-state index is 13.2. The molecule has 0 aliphatic heterocycles. The van der Waals surface area contributed by atoms with E-state index in [4.69, 9.17) is 6.42 Å². The maximum Gasteiger partial charge on any atom is 0.341 e. The van der Waals surface area contributed by atoms with Gasteiger partial charge in [-0.1, -0.05) is 0 Å². The molecule has 0 spiro atoms. The first-order valence-corrected chi connectivity index (χ1v) is 3.40. The first-order valence-electron chi connectivity index (χ1n) is 3.40. The van der Waals surface area contributed by atoms with Crippen LogP contribution in [0.5, 0.6) is 0 Å². The summed E-state index contributed by atoms with van der Waals surface area (Å²) < 4.78 is 17.5. The highest BCUT2D eigenvalue weighted by atomic mass is 19.1. The number of methoxy groups -OCH3 is 1. The zero-order chi connectivity index (χ0) is 9.84. The van der Waals surface area contributed by atoms with Crippen molar-refractivity contribution >= 4 is 5.97 Å². The van der Waals surface area contributed by atoms with Gasteiger partial charge >= 0.3 is 5.97 Å². The van der Waals surface area contributed by atoms with E-state index in [0.29, 0.717) is 0 Å². The molecular weight excluding hydrogens is 173 g/mol. The van der Waals surface area contributed by atoms with Gasteiger partial charge in [0.05, 0.1) is 12.7 Å². The van der Waals surface area contributed by atoms with Crippen molar-refractivity contribution in [2.45, 2.75) is 0 Å². The van der Waals surface area contributed by atoms with Gasteiger partial charge in [-0.3, -0.25) is 0 Å². The number of nitrogens with zero attached hydrogens (tertiary/aromatic N) is 1. The zero-order valence-electron chi connectivity index (χ0n) is 6.87. The fraction of sp³-hybridized carbons (Fsp3) is 0.111. The van der Waals surface area contributed by atoms with Crippen molar-refractivity contribution in [3.63, 3.8) is 0 Å². The second-order valence-corrected chi connectivity index (χ2v) is 2.16. The van der Waals surface area contributed by atoms with E-state index >= 15 is 0 Å². The Labute approximate surface area is 74.6 Å². The minimum absolute atomic E-state index is 0.192. The number of halogens is 1. The summed E-state index contributed by atoms with van der Waals surface area (Å²) in [5.74, 6) is 0.431. The van der Waals surface area contributed by atoms with Crippen molar-refractivity contribution in [1.29, 1.82) is 0 Å². The Kier molecular flexibility index (Phi) is 2.60. The molecule has 4 heteroatoms. The summed E-state index contributed by atoms with van der Waals surface area (Å²) in [4.78, 5) is 14.5. The lowest BCUT2D eigenvalue weighted by molar-refractivity contribution is 0.0595. The SMILES string of the molecule is C#Cc1nccc(C(=O)OC)c1F. The van der Waals surface area contributed by atoms with Crippen LogP contribution in [-0.4, -0.2) is 18.1 Å². The molecule has 13 heavy (non-hydrogen) atoms. The molecule has 0 aliphatic carbocycles. The Balaban J connectivity index is 3.25. The summed E-state index contributed by atoms with van der Waals surface area (Å²) in [6, 6.07) is 1.21. The van der Waals surface area contributed by atoms with Crippen LogP contribution < -0.4 is 0 Å². The van der Waals surface area contributed by atoms with Crippen molar-refractivity contribution in [3.8, 4) is 12.3 Å². The highest BCUT2D eigenvalue weighted by molar-refractivity contribution is 5.89. The number of carbonyl (C=O) groups is 1. The number of hydrogen-bond acceptors (Lipinski definition) is 3. The van der Waals surface area contributed by atoms with Gasteiger partial charge in [-0.05, 0) is 12.0 Å². The lowest BCUT2D eigenvalue weighted by Crippen LogP contribution is -2.06. The van der Waals surface area contributed by atoms with Gasteiger partial charge in [0.2, 0.25) is 0 Å². The third-order valence-electron chi connectivity index (χ3n) is 1.43. The van der Waals surface area contributed by atoms with E-state index in [1.54, 1.807) is 0 Å². The molecule has 0 aliphatic rings. The van der Waals surface area contributed by atoms with E-state index in [9.17, 15) is 9.18 Å². The van der Waals surface area contributed by atoms with Gasteiger partial charge in [0.15, 0.2) is 5.82 Å². The van der Waals surface area contributed by atoms with Gasteiger partial charge in [-0.2, -0.15) is 0 Å². The lowest BCUT2D eigenvalue weighted by Gasteiger charge is -2.00. The Morgan fingerprint density at radius 3 is 3.00 bits per heavy atom. The topological polar surface area (TPSA) is 39.2 Å². The van der Waals surface area contributed by atoms with E-state index < -0.39 is 11.8 Å². The van der Waals surface area contributed by atoms with Gasteiger partial charge in [0.1, 0.15) is 5.69 Å². The van der Waals surface area contributed by atoms with Gasteiger partial charge in [-0.15, -0.1) is 6.42 Å². The van der Waals surface area contributed by atoms with E-state index in [2.05, 4.69) is 9.72 Å². The molecule has 3 nitrogen and oxygen atoms in total. The average Bonchev–Trinajstić information content (AvgIpc) is 2.17. The van der Waals surface area contributed by atoms with Crippen molar-refractivity contribution in [2.24, 2.45) is 0 Å². The number of terminal acetylenes is 1. The lowest BCUT2D eigenvalue weighted by atomic mass is 10.2. The molecule has 0 unspecified atom stereocenters. The van der Waals surface area contributed by atoms with Crippen LogP contribution >= 0.6 is 0 Å². The Morgan fingerprint density at radius 1 is 1.77 bits per heavy atom. The van der Waals surface area contributed by atoms with E-state index in [1.165, 1.54) is 12.3 Å². The smallest absolute Gasteiger partial charge is 0.341 e. The van der Waals surface area contributed by atoms with Gasteiger partial charge in [-0.25, -0.2) is 14.2 Å². The second-order valence-electron chi connectivity index (χ2n) is 2.16. The molecule has 0 saturated carbocycles. The summed E-state index contributed by atoms with van der Waals surface area (Å²) in [6.45, 7) is 0. The minimum atomic E-state index is -0.822. The number of rotatable bonds is 1. The van der Waals surface area contributed by atoms with Crippen LogP contribution in [0.25, 0.3) is 0 Å². The normalized spacial score (nSPS) is 9.00. The fourth-order valence-electron chi connectivity index (χ4n) is 0.812. The number of hydrogen-bond donors (Lipinski definition) is 0. The fourth-order valence-corrected chi connectivity index (χ4v) is 0.812. The number of pyridine rings is 1. The number of ether oxygens (including phenoxy) is 1. The molecule has 0 aromatic carbocycles. The predicted octanol–water partition coefficient (Wildman–Crippen LogP) is 0.989. The summed E-state index contributed by atoms with van der Waals surface area (Å²) in [7, 11) is 1.16. The maximum atomic E-state index is 13.2. The number of carbonyl (C=O) groups excluding carboxylic acids is 1. The summed E-state index contributed by atoms with van der Waals surface area (Å²) in [6.07, 6.45) is 6.21. The van der Waals surface area contributed by atoms with E-state index in [0.717, 1.165) is 7.11 Å². The van der Waals surface area contributed by atoms with Crippen LogP contribution in [0.1, 0.15) is 16.1 Å². The van der Waals surface area contributed by atoms with Crippen LogP contribution in [-0.2, 0) is 4.74 Å². The van der Waals surface area contributed by atoms with E-state index in [1.807, 2.05) is 5.92 Å². The van der Waals surface area contributed by atoms with Gasteiger partial charge < -0.3 is 4.74 Å². The molecule has 0 saturated heterocycles. The first kappa shape index (κ1) is 9.20. The molecule has 0 radical (unpaired) electrons. The third kappa shape index (κ3) is 1.64. The first-order chi connectivity index (χ1) is 6.20. The summed E-state index contributed by atoms with van der Waals surface area (Å²) in [5, 5.41) is 0. The number of aromatic nitrogens is 1. The number of esters is 1. The molecule has 0 bridgehead atoms. The van der Waals surface area contributed by atoms with Crippen molar-refractivity contribution in [2.75, 3.05) is 7.11 Å². The largest absolute Gasteiger partial charge is 0.465 e. The molecular formula is C9H6FNO2. The van der Waals surface area contributed by atoms with Gasteiger partial charge in [0.25, 0.3) is 0 Å². The van der Waals surface area contributed by atoms with Crippen LogP contribution in [0, 0.1) is 18.2 Å². The summed E-state index contributed by atoms with van der Waals surface area (Å²) >= 11 is 0. The average molecular weight is 179 g/mol. The zero-order valence-corrected chi connectivity index (χ0v) is 6.87. The molecule has 1 rings (SSSR count). The molecule has 0 N–H and O–H groups in total. The second kappa shape index (κ2) is 3.68. The van der Waals surface area contributed by atoms with Crippen molar-refractivity contribution in [3.05, 3.63) is 29.3 Å². The summed E-state index contributed by atoms with van der Waals surface area (Å²) in [5.41, 5.74) is -0.395. The van der Waals surface area contributed by atoms with Crippen LogP contribution in [0.4, 0.5) is 4.39 Å².